The smallest absolute Gasteiger partial charge is 0.183 e. The first-order valence-electron chi connectivity index (χ1n) is 5.97. The third-order valence-electron chi connectivity index (χ3n) is 2.85. The lowest BCUT2D eigenvalue weighted by Gasteiger charge is -2.22. The maximum atomic E-state index is 12.8. The lowest BCUT2D eigenvalue weighted by atomic mass is 10.1. The van der Waals surface area contributed by atoms with Gasteiger partial charge in [0.05, 0.1) is 6.10 Å². The highest BCUT2D eigenvalue weighted by Gasteiger charge is 2.15. The van der Waals surface area contributed by atoms with Crippen molar-refractivity contribution in [3.63, 3.8) is 0 Å². The average Bonchev–Trinajstić information content (AvgIpc) is 2.47. The van der Waals surface area contributed by atoms with Crippen LogP contribution in [0.2, 0.25) is 0 Å². The highest BCUT2D eigenvalue weighted by Crippen LogP contribution is 2.18. The van der Waals surface area contributed by atoms with E-state index in [2.05, 4.69) is 9.97 Å². The van der Waals surface area contributed by atoms with Gasteiger partial charge in [0, 0.05) is 26.0 Å². The number of rotatable bonds is 4. The number of anilines is 1. The highest BCUT2D eigenvalue weighted by molar-refractivity contribution is 5.48. The Kier molecular flexibility index (Phi) is 4.23. The summed E-state index contributed by atoms with van der Waals surface area (Å²) in [7, 11) is 1.71. The minimum Gasteiger partial charge on any atom is -0.387 e. The van der Waals surface area contributed by atoms with Crippen molar-refractivity contribution in [1.82, 2.24) is 9.97 Å². The van der Waals surface area contributed by atoms with E-state index in [-0.39, 0.29) is 18.1 Å². The van der Waals surface area contributed by atoms with Gasteiger partial charge in [-0.25, -0.2) is 14.4 Å². The molecule has 0 unspecified atom stereocenters. The molecule has 1 heterocycles. The van der Waals surface area contributed by atoms with Crippen molar-refractivity contribution in [2.24, 2.45) is 0 Å². The summed E-state index contributed by atoms with van der Waals surface area (Å²) in [5.41, 5.74) is 0.793. The number of nitriles is 1. The van der Waals surface area contributed by atoms with Crippen LogP contribution in [0.25, 0.3) is 0 Å². The third-order valence-corrected chi connectivity index (χ3v) is 2.85. The lowest BCUT2D eigenvalue weighted by Crippen LogP contribution is -2.26. The summed E-state index contributed by atoms with van der Waals surface area (Å²) in [4.78, 5) is 9.63. The molecule has 0 bridgehead atoms. The van der Waals surface area contributed by atoms with Crippen molar-refractivity contribution >= 4 is 5.82 Å². The van der Waals surface area contributed by atoms with Crippen molar-refractivity contribution in [1.29, 1.82) is 5.26 Å². The number of aromatic nitrogens is 2. The molecule has 0 aliphatic carbocycles. The predicted octanol–water partition coefficient (Wildman–Crippen LogP) is 1.66. The minimum atomic E-state index is -0.811. The molecular weight excluding hydrogens is 259 g/mol. The number of halogens is 1. The minimum absolute atomic E-state index is 0.196. The molecule has 0 aliphatic heterocycles. The van der Waals surface area contributed by atoms with E-state index in [1.54, 1.807) is 11.9 Å². The molecule has 0 amide bonds. The van der Waals surface area contributed by atoms with Gasteiger partial charge >= 0.3 is 0 Å². The molecule has 0 spiro atoms. The first-order valence-corrected chi connectivity index (χ1v) is 5.97. The SMILES string of the molecule is CN(C[C@@H](O)c1ccc(F)cc1)c1nccnc1C#N. The second-order valence-corrected chi connectivity index (χ2v) is 4.29. The number of hydrogen-bond donors (Lipinski definition) is 1. The van der Waals surface area contributed by atoms with E-state index in [1.807, 2.05) is 6.07 Å². The normalized spacial score (nSPS) is 11.7. The second-order valence-electron chi connectivity index (χ2n) is 4.29. The Balaban J connectivity index is 2.13. The van der Waals surface area contributed by atoms with Gasteiger partial charge in [0.2, 0.25) is 0 Å². The van der Waals surface area contributed by atoms with Crippen LogP contribution in [0.4, 0.5) is 10.2 Å². The third kappa shape index (κ3) is 3.08. The van der Waals surface area contributed by atoms with Crippen LogP contribution in [0.3, 0.4) is 0 Å². The van der Waals surface area contributed by atoms with Gasteiger partial charge in [-0.2, -0.15) is 5.26 Å². The Morgan fingerprint density at radius 3 is 2.60 bits per heavy atom. The van der Waals surface area contributed by atoms with Gasteiger partial charge in [-0.3, -0.25) is 0 Å². The van der Waals surface area contributed by atoms with E-state index in [4.69, 9.17) is 5.26 Å². The van der Waals surface area contributed by atoms with E-state index in [1.165, 1.54) is 36.7 Å². The zero-order chi connectivity index (χ0) is 14.5. The fourth-order valence-corrected chi connectivity index (χ4v) is 1.83. The van der Waals surface area contributed by atoms with E-state index >= 15 is 0 Å². The van der Waals surface area contributed by atoms with Gasteiger partial charge in [-0.05, 0) is 17.7 Å². The predicted molar refractivity (Wildman–Crippen MR) is 71.4 cm³/mol. The summed E-state index contributed by atoms with van der Waals surface area (Å²) < 4.78 is 12.8. The maximum Gasteiger partial charge on any atom is 0.183 e. The molecule has 1 atom stereocenters. The zero-order valence-corrected chi connectivity index (χ0v) is 10.9. The van der Waals surface area contributed by atoms with Crippen molar-refractivity contribution in [2.45, 2.75) is 6.10 Å². The van der Waals surface area contributed by atoms with Crippen LogP contribution < -0.4 is 4.90 Å². The Bertz CT molecular complexity index is 624. The second kappa shape index (κ2) is 6.08. The van der Waals surface area contributed by atoms with Gasteiger partial charge in [0.25, 0.3) is 0 Å². The quantitative estimate of drug-likeness (QED) is 0.916. The van der Waals surface area contributed by atoms with E-state index in [0.29, 0.717) is 11.4 Å². The van der Waals surface area contributed by atoms with Crippen molar-refractivity contribution in [3.8, 4) is 6.07 Å². The van der Waals surface area contributed by atoms with Crippen LogP contribution in [-0.4, -0.2) is 28.7 Å². The summed E-state index contributed by atoms with van der Waals surface area (Å²) >= 11 is 0. The van der Waals surface area contributed by atoms with Crippen LogP contribution in [0.1, 0.15) is 17.4 Å². The van der Waals surface area contributed by atoms with Crippen molar-refractivity contribution < 1.29 is 9.50 Å². The Hall–Kier alpha value is -2.52. The first-order chi connectivity index (χ1) is 9.61. The molecule has 1 aromatic carbocycles. The maximum absolute atomic E-state index is 12.8. The molecule has 2 aromatic rings. The molecule has 2 rings (SSSR count). The molecule has 6 heteroatoms. The lowest BCUT2D eigenvalue weighted by molar-refractivity contribution is 0.184. The van der Waals surface area contributed by atoms with Gasteiger partial charge in [0.15, 0.2) is 11.5 Å². The molecule has 0 aliphatic rings. The Morgan fingerprint density at radius 2 is 1.95 bits per heavy atom. The average molecular weight is 272 g/mol. The number of hydrogen-bond acceptors (Lipinski definition) is 5. The summed E-state index contributed by atoms with van der Waals surface area (Å²) in [5, 5.41) is 19.1. The molecule has 0 radical (unpaired) electrons. The number of likely N-dealkylation sites (N-methyl/N-ethyl adjacent to an activating group) is 1. The van der Waals surface area contributed by atoms with Gasteiger partial charge < -0.3 is 10.0 Å². The molecule has 0 fully saturated rings. The molecule has 1 N–H and O–H groups in total. The Labute approximate surface area is 115 Å². The summed E-state index contributed by atoms with van der Waals surface area (Å²) in [6.45, 7) is 0.221. The molecule has 102 valence electrons. The van der Waals surface area contributed by atoms with Gasteiger partial charge in [-0.15, -0.1) is 0 Å². The number of benzene rings is 1. The summed E-state index contributed by atoms with van der Waals surface area (Å²) in [6, 6.07) is 7.58. The first kappa shape index (κ1) is 13.9. The van der Waals surface area contributed by atoms with E-state index in [9.17, 15) is 9.50 Å². The van der Waals surface area contributed by atoms with Crippen LogP contribution in [0, 0.1) is 17.1 Å². The van der Waals surface area contributed by atoms with Crippen molar-refractivity contribution in [2.75, 3.05) is 18.5 Å². The van der Waals surface area contributed by atoms with Crippen LogP contribution in [0.15, 0.2) is 36.7 Å². The topological polar surface area (TPSA) is 73.0 Å². The number of nitrogens with zero attached hydrogens (tertiary/aromatic N) is 4. The van der Waals surface area contributed by atoms with Gasteiger partial charge in [0.1, 0.15) is 11.9 Å². The summed E-state index contributed by atoms with van der Waals surface area (Å²) in [6.07, 6.45) is 2.11. The molecule has 20 heavy (non-hydrogen) atoms. The van der Waals surface area contributed by atoms with Crippen LogP contribution in [0.5, 0.6) is 0 Å². The number of aliphatic hydroxyl groups is 1. The molecule has 1 aromatic heterocycles. The fraction of sp³-hybridized carbons (Fsp3) is 0.214. The Morgan fingerprint density at radius 1 is 1.30 bits per heavy atom. The van der Waals surface area contributed by atoms with Crippen LogP contribution >= 0.6 is 0 Å². The molecule has 0 saturated carbocycles. The molecule has 0 saturated heterocycles. The van der Waals surface area contributed by atoms with E-state index < -0.39 is 6.10 Å². The standard InChI is InChI=1S/C14H13FN4O/c1-19(14-12(8-16)17-6-7-18-14)9-13(20)10-2-4-11(15)5-3-10/h2-7,13,20H,9H2,1H3/t13-/m1/s1. The molecule has 5 nitrogen and oxygen atoms in total. The largest absolute Gasteiger partial charge is 0.387 e. The zero-order valence-electron chi connectivity index (χ0n) is 10.9. The van der Waals surface area contributed by atoms with E-state index in [0.717, 1.165) is 0 Å². The monoisotopic (exact) mass is 272 g/mol. The van der Waals surface area contributed by atoms with Crippen LogP contribution in [-0.2, 0) is 0 Å². The highest BCUT2D eigenvalue weighted by atomic mass is 19.1. The fourth-order valence-electron chi connectivity index (χ4n) is 1.83. The molecular formula is C14H13FN4O. The van der Waals surface area contributed by atoms with Gasteiger partial charge in [-0.1, -0.05) is 12.1 Å². The number of aliphatic hydroxyl groups excluding tert-OH is 1. The summed E-state index contributed by atoms with van der Waals surface area (Å²) in [5.74, 6) is 0.0474. The van der Waals surface area contributed by atoms with Crippen molar-refractivity contribution in [3.05, 3.63) is 53.7 Å².